The van der Waals surface area contributed by atoms with E-state index in [1.54, 1.807) is 12.1 Å². The summed E-state index contributed by atoms with van der Waals surface area (Å²) in [6, 6.07) is 8.27. The van der Waals surface area contributed by atoms with Gasteiger partial charge in [-0.3, -0.25) is 4.55 Å². The Balaban J connectivity index is 0.000000188. The van der Waals surface area contributed by atoms with Crippen LogP contribution in [0.5, 0.6) is 5.75 Å². The minimum Gasteiger partial charge on any atom is -0.489 e. The Morgan fingerprint density at radius 1 is 1.14 bits per heavy atom. The van der Waals surface area contributed by atoms with Gasteiger partial charge >= 0.3 is 6.18 Å². The average Bonchev–Trinajstić information content (AvgIpc) is 2.56. The van der Waals surface area contributed by atoms with Crippen molar-refractivity contribution < 1.29 is 30.9 Å². The normalized spacial score (nSPS) is 18.2. The Morgan fingerprint density at radius 3 is 2.17 bits per heavy atom. The van der Waals surface area contributed by atoms with Gasteiger partial charge in [0.2, 0.25) is 0 Å². The van der Waals surface area contributed by atoms with Gasteiger partial charge < -0.3 is 10.1 Å². The monoisotopic (exact) mass is 430 g/mol. The second-order valence-corrected chi connectivity index (χ2v) is 8.84. The molecule has 0 atom stereocenters. The van der Waals surface area contributed by atoms with E-state index in [2.05, 4.69) is 10.3 Å². The van der Waals surface area contributed by atoms with Gasteiger partial charge in [0, 0.05) is 18.5 Å². The first-order valence-corrected chi connectivity index (χ1v) is 10.4. The largest absolute Gasteiger partial charge is 0.489 e. The van der Waals surface area contributed by atoms with Crippen molar-refractivity contribution in [2.75, 3.05) is 13.1 Å². The molecule has 29 heavy (non-hydrogen) atoms. The third kappa shape index (κ3) is 5.46. The summed E-state index contributed by atoms with van der Waals surface area (Å²) in [4.78, 5) is 3.30. The van der Waals surface area contributed by atoms with Crippen molar-refractivity contribution in [3.05, 3.63) is 53.9 Å². The molecule has 0 amide bonds. The van der Waals surface area contributed by atoms with E-state index >= 15 is 0 Å². The third-order valence-corrected chi connectivity index (χ3v) is 5.84. The van der Waals surface area contributed by atoms with Crippen molar-refractivity contribution in [3.8, 4) is 5.75 Å². The summed E-state index contributed by atoms with van der Waals surface area (Å²) in [5, 5.41) is 3.22. The number of hydrogen-bond acceptors (Lipinski definition) is 5. The quantitative estimate of drug-likeness (QED) is 0.725. The highest BCUT2D eigenvalue weighted by molar-refractivity contribution is 7.85. The van der Waals surface area contributed by atoms with E-state index in [9.17, 15) is 21.6 Å². The van der Waals surface area contributed by atoms with Crippen molar-refractivity contribution in [3.63, 3.8) is 0 Å². The first-order valence-electron chi connectivity index (χ1n) is 8.92. The molecule has 1 aliphatic heterocycles. The van der Waals surface area contributed by atoms with Gasteiger partial charge in [0.15, 0.2) is 0 Å². The predicted octanol–water partition coefficient (Wildman–Crippen LogP) is 3.47. The van der Waals surface area contributed by atoms with E-state index in [4.69, 9.17) is 9.29 Å². The Morgan fingerprint density at radius 2 is 1.76 bits per heavy atom. The number of nitrogens with one attached hydrogen (secondary N) is 1. The van der Waals surface area contributed by atoms with Crippen molar-refractivity contribution in [1.29, 1.82) is 0 Å². The van der Waals surface area contributed by atoms with Crippen LogP contribution in [0.25, 0.3) is 0 Å². The fraction of sp³-hybridized carbons (Fsp3) is 0.421. The molecule has 1 saturated carbocycles. The minimum atomic E-state index is -4.39. The molecule has 2 aromatic rings. The maximum absolute atomic E-state index is 12.3. The first kappa shape index (κ1) is 21.5. The molecule has 1 aromatic heterocycles. The molecule has 1 aromatic carbocycles. The van der Waals surface area contributed by atoms with E-state index in [0.717, 1.165) is 43.8 Å². The lowest BCUT2D eigenvalue weighted by Crippen LogP contribution is -2.62. The number of hydrogen-bond donors (Lipinski definition) is 2. The van der Waals surface area contributed by atoms with Crippen LogP contribution in [0.15, 0.2) is 47.5 Å². The fourth-order valence-corrected chi connectivity index (χ4v) is 3.76. The second kappa shape index (κ2) is 7.92. The molecular weight excluding hydrogens is 409 g/mol. The zero-order chi connectivity index (χ0) is 21.3. The Labute approximate surface area is 166 Å². The highest BCUT2D eigenvalue weighted by atomic mass is 32.2. The van der Waals surface area contributed by atoms with Crippen LogP contribution in [0.2, 0.25) is 0 Å². The van der Waals surface area contributed by atoms with Crippen LogP contribution in [0.4, 0.5) is 13.2 Å². The number of halogens is 3. The lowest BCUT2D eigenvalue weighted by atomic mass is 9.63. The topological polar surface area (TPSA) is 88.5 Å². The van der Waals surface area contributed by atoms with E-state index in [-0.39, 0.29) is 11.0 Å². The summed E-state index contributed by atoms with van der Waals surface area (Å²) in [6.07, 6.45) is -1.18. The van der Waals surface area contributed by atoms with Gasteiger partial charge in [0.25, 0.3) is 10.1 Å². The predicted molar refractivity (Wildman–Crippen MR) is 99.2 cm³/mol. The number of aryl methyl sites for hydroxylation is 1. The Bertz CT molecular complexity index is 933. The van der Waals surface area contributed by atoms with Crippen molar-refractivity contribution >= 4 is 10.1 Å². The number of benzene rings is 1. The first-order chi connectivity index (χ1) is 13.5. The summed E-state index contributed by atoms with van der Waals surface area (Å²) in [7, 11) is -4.02. The van der Waals surface area contributed by atoms with Crippen molar-refractivity contribution in [2.45, 2.75) is 36.9 Å². The van der Waals surface area contributed by atoms with Gasteiger partial charge in [-0.1, -0.05) is 17.7 Å². The number of alkyl halides is 3. The SMILES string of the molecule is Cc1ccc(S(=O)(=O)O)cc1.FC(F)(F)c1ccc(OC2CC3(CNC3)C2)cn1. The van der Waals surface area contributed by atoms with Crippen LogP contribution in [-0.4, -0.2) is 37.1 Å². The number of rotatable bonds is 3. The second-order valence-electron chi connectivity index (χ2n) is 7.42. The summed E-state index contributed by atoms with van der Waals surface area (Å²) in [5.74, 6) is 0.412. The van der Waals surface area contributed by atoms with Crippen LogP contribution in [0, 0.1) is 12.3 Å². The summed E-state index contributed by atoms with van der Waals surface area (Å²) >= 11 is 0. The van der Waals surface area contributed by atoms with Crippen molar-refractivity contribution in [1.82, 2.24) is 10.3 Å². The van der Waals surface area contributed by atoms with Crippen LogP contribution in [-0.2, 0) is 16.3 Å². The molecule has 0 bridgehead atoms. The number of aromatic nitrogens is 1. The molecule has 1 aliphatic carbocycles. The van der Waals surface area contributed by atoms with Gasteiger partial charge in [-0.15, -0.1) is 0 Å². The molecule has 1 saturated heterocycles. The van der Waals surface area contributed by atoms with Crippen molar-refractivity contribution in [2.24, 2.45) is 5.41 Å². The lowest BCUT2D eigenvalue weighted by Gasteiger charge is -2.53. The van der Waals surface area contributed by atoms with Crippen LogP contribution >= 0.6 is 0 Å². The maximum atomic E-state index is 12.3. The zero-order valence-electron chi connectivity index (χ0n) is 15.6. The third-order valence-electron chi connectivity index (χ3n) is 4.97. The van der Waals surface area contributed by atoms with E-state index in [1.807, 2.05) is 6.92 Å². The highest BCUT2D eigenvalue weighted by Crippen LogP contribution is 2.45. The molecule has 2 fully saturated rings. The van der Waals surface area contributed by atoms with E-state index in [0.29, 0.717) is 11.2 Å². The zero-order valence-corrected chi connectivity index (χ0v) is 16.4. The number of ether oxygens (including phenoxy) is 1. The molecule has 10 heteroatoms. The average molecular weight is 430 g/mol. The molecule has 2 aliphatic rings. The molecule has 2 heterocycles. The van der Waals surface area contributed by atoms with Crippen LogP contribution < -0.4 is 10.1 Å². The summed E-state index contributed by atoms with van der Waals surface area (Å²) in [5.41, 5.74) is 0.463. The molecule has 0 unspecified atom stereocenters. The summed E-state index contributed by atoms with van der Waals surface area (Å²) in [6.45, 7) is 3.89. The standard InChI is InChI=1S/C12H13F3N2O.C7H8O3S/c13-12(14,15)10-2-1-8(5-17-10)18-9-3-11(4-9)6-16-7-11;1-6-2-4-7(5-3-6)11(8,9)10/h1-2,5,9,16H,3-4,6-7H2;2-5H,1H3,(H,8,9,10). The van der Waals surface area contributed by atoms with Gasteiger partial charge in [-0.2, -0.15) is 21.6 Å². The van der Waals surface area contributed by atoms with Gasteiger partial charge in [-0.05, 0) is 44.0 Å². The number of nitrogens with zero attached hydrogens (tertiary/aromatic N) is 1. The number of pyridine rings is 1. The molecular formula is C19H21F3N2O4S. The maximum Gasteiger partial charge on any atom is 0.433 e. The van der Waals surface area contributed by atoms with Crippen LogP contribution in [0.3, 0.4) is 0 Å². The molecule has 6 nitrogen and oxygen atoms in total. The van der Waals surface area contributed by atoms with E-state index in [1.165, 1.54) is 18.2 Å². The highest BCUT2D eigenvalue weighted by Gasteiger charge is 2.49. The molecule has 0 radical (unpaired) electrons. The lowest BCUT2D eigenvalue weighted by molar-refractivity contribution is -0.141. The van der Waals surface area contributed by atoms with E-state index < -0.39 is 22.0 Å². The fourth-order valence-electron chi connectivity index (χ4n) is 3.28. The molecule has 4 rings (SSSR count). The van der Waals surface area contributed by atoms with Crippen LogP contribution in [0.1, 0.15) is 24.1 Å². The molecule has 2 N–H and O–H groups in total. The van der Waals surface area contributed by atoms with Gasteiger partial charge in [-0.25, -0.2) is 4.98 Å². The Kier molecular flexibility index (Phi) is 5.88. The Hall–Kier alpha value is -2.17. The smallest absolute Gasteiger partial charge is 0.433 e. The minimum absolute atomic E-state index is 0.0666. The molecule has 158 valence electrons. The molecule has 1 spiro atoms. The summed E-state index contributed by atoms with van der Waals surface area (Å²) < 4.78 is 72.1. The van der Waals surface area contributed by atoms with Gasteiger partial charge in [0.05, 0.1) is 11.1 Å². The van der Waals surface area contributed by atoms with Gasteiger partial charge in [0.1, 0.15) is 17.5 Å².